The van der Waals surface area contributed by atoms with Crippen LogP contribution in [-0.4, -0.2) is 43.5 Å². The van der Waals surface area contributed by atoms with Gasteiger partial charge in [-0.2, -0.15) is 5.10 Å². The molecule has 5 rings (SSSR count). The minimum Gasteiger partial charge on any atom is -0.342 e. The van der Waals surface area contributed by atoms with Crippen LogP contribution < -0.4 is 0 Å². The molecular formula is C24H23N5O. The molecule has 150 valence electrons. The summed E-state index contributed by atoms with van der Waals surface area (Å²) in [4.78, 5) is 23.4. The number of aryl methyl sites for hydroxylation is 1. The highest BCUT2D eigenvalue weighted by Gasteiger charge is 2.29. The lowest BCUT2D eigenvalue weighted by molar-refractivity contribution is -0.130. The van der Waals surface area contributed by atoms with Gasteiger partial charge in [0.25, 0.3) is 0 Å². The number of fused-ring (bicyclic) bond motifs is 1. The zero-order valence-electron chi connectivity index (χ0n) is 16.7. The molecule has 4 heterocycles. The normalized spacial score (nSPS) is 16.3. The largest absolute Gasteiger partial charge is 0.342 e. The summed E-state index contributed by atoms with van der Waals surface area (Å²) in [6.45, 7) is 1.47. The lowest BCUT2D eigenvalue weighted by Gasteiger charge is -2.15. The van der Waals surface area contributed by atoms with Gasteiger partial charge < -0.3 is 4.90 Å². The number of pyridine rings is 2. The first-order chi connectivity index (χ1) is 14.8. The van der Waals surface area contributed by atoms with E-state index >= 15 is 0 Å². The molecule has 0 N–H and O–H groups in total. The molecule has 1 atom stereocenters. The van der Waals surface area contributed by atoms with Crippen LogP contribution in [0.3, 0.4) is 0 Å². The van der Waals surface area contributed by atoms with E-state index < -0.39 is 0 Å². The Morgan fingerprint density at radius 2 is 1.83 bits per heavy atom. The monoisotopic (exact) mass is 397 g/mol. The van der Waals surface area contributed by atoms with Crippen LogP contribution in [0.15, 0.2) is 73.2 Å². The van der Waals surface area contributed by atoms with Crippen LogP contribution >= 0.6 is 0 Å². The third-order valence-corrected chi connectivity index (χ3v) is 5.74. The summed E-state index contributed by atoms with van der Waals surface area (Å²) in [6, 6.07) is 18.2. The van der Waals surface area contributed by atoms with Crippen LogP contribution in [0.25, 0.3) is 16.8 Å². The van der Waals surface area contributed by atoms with Crippen molar-refractivity contribution in [1.82, 2.24) is 24.5 Å². The van der Waals surface area contributed by atoms with Gasteiger partial charge >= 0.3 is 0 Å². The third-order valence-electron chi connectivity index (χ3n) is 5.74. The maximum atomic E-state index is 12.6. The summed E-state index contributed by atoms with van der Waals surface area (Å²) in [6.07, 6.45) is 7.81. The number of rotatable bonds is 5. The van der Waals surface area contributed by atoms with E-state index in [1.807, 2.05) is 52.0 Å². The smallest absolute Gasteiger partial charge is 0.222 e. The zero-order valence-corrected chi connectivity index (χ0v) is 16.7. The zero-order chi connectivity index (χ0) is 20.3. The number of carbonyl (C=O) groups is 1. The molecule has 0 spiro atoms. The Balaban J connectivity index is 1.26. The second-order valence-corrected chi connectivity index (χ2v) is 7.74. The quantitative estimate of drug-likeness (QED) is 0.515. The van der Waals surface area contributed by atoms with E-state index in [-0.39, 0.29) is 11.8 Å². The van der Waals surface area contributed by atoms with E-state index in [9.17, 15) is 4.79 Å². The van der Waals surface area contributed by atoms with Gasteiger partial charge in [0.15, 0.2) is 11.5 Å². The van der Waals surface area contributed by atoms with Gasteiger partial charge in [0.1, 0.15) is 0 Å². The summed E-state index contributed by atoms with van der Waals surface area (Å²) in [5, 5.41) is 4.72. The molecule has 1 aliphatic heterocycles. The second kappa shape index (κ2) is 8.06. The van der Waals surface area contributed by atoms with Gasteiger partial charge in [0.05, 0.1) is 0 Å². The van der Waals surface area contributed by atoms with Crippen molar-refractivity contribution in [3.8, 4) is 11.1 Å². The molecule has 1 saturated heterocycles. The van der Waals surface area contributed by atoms with Crippen LogP contribution in [0, 0.1) is 0 Å². The Morgan fingerprint density at radius 1 is 1.00 bits per heavy atom. The van der Waals surface area contributed by atoms with Crippen molar-refractivity contribution in [2.45, 2.75) is 25.2 Å². The summed E-state index contributed by atoms with van der Waals surface area (Å²) in [5.74, 6) is 1.22. The Kier molecular flexibility index (Phi) is 4.97. The number of nitrogens with zero attached hydrogens (tertiary/aromatic N) is 5. The predicted molar refractivity (Wildman–Crippen MR) is 115 cm³/mol. The van der Waals surface area contributed by atoms with E-state index in [0.29, 0.717) is 13.0 Å². The first-order valence-corrected chi connectivity index (χ1v) is 10.3. The number of hydrogen-bond acceptors (Lipinski definition) is 4. The predicted octanol–water partition coefficient (Wildman–Crippen LogP) is 3.74. The average Bonchev–Trinajstić information content (AvgIpc) is 3.45. The van der Waals surface area contributed by atoms with Crippen molar-refractivity contribution in [3.63, 3.8) is 0 Å². The fourth-order valence-electron chi connectivity index (χ4n) is 4.04. The molecule has 6 nitrogen and oxygen atoms in total. The summed E-state index contributed by atoms with van der Waals surface area (Å²) < 4.78 is 1.84. The van der Waals surface area contributed by atoms with Crippen molar-refractivity contribution in [2.24, 2.45) is 0 Å². The van der Waals surface area contributed by atoms with Gasteiger partial charge in [-0.3, -0.25) is 9.78 Å². The fraction of sp³-hybridized carbons (Fsp3) is 0.250. The molecule has 30 heavy (non-hydrogen) atoms. The Bertz CT molecular complexity index is 1160. The van der Waals surface area contributed by atoms with Crippen LogP contribution in [0.5, 0.6) is 0 Å². The standard InChI is InChI=1S/C24H23N5O/c30-23(9-6-18-4-2-1-3-5-18)28-15-12-21(16-28)24-26-22-8-7-20(17-29(22)27-24)19-10-13-25-14-11-19/h1-5,7-8,10-11,13-14,17,21H,6,9,12,15-16H2. The molecule has 0 radical (unpaired) electrons. The molecule has 0 aliphatic carbocycles. The van der Waals surface area contributed by atoms with Gasteiger partial charge in [0, 0.05) is 49.6 Å². The maximum Gasteiger partial charge on any atom is 0.222 e. The van der Waals surface area contributed by atoms with Crippen molar-refractivity contribution in [3.05, 3.63) is 84.6 Å². The Morgan fingerprint density at radius 3 is 2.67 bits per heavy atom. The van der Waals surface area contributed by atoms with Crippen LogP contribution in [-0.2, 0) is 11.2 Å². The number of likely N-dealkylation sites (tertiary alicyclic amines) is 1. The molecule has 1 amide bonds. The molecular weight excluding hydrogens is 374 g/mol. The topological polar surface area (TPSA) is 63.4 Å². The minimum atomic E-state index is 0.190. The SMILES string of the molecule is O=C(CCc1ccccc1)N1CCC(c2nc3ccc(-c4ccncc4)cn3n2)C1. The molecule has 1 fully saturated rings. The van der Waals surface area contributed by atoms with Gasteiger partial charge in [-0.15, -0.1) is 0 Å². The van der Waals surface area contributed by atoms with Crippen molar-refractivity contribution in [2.75, 3.05) is 13.1 Å². The van der Waals surface area contributed by atoms with Crippen molar-refractivity contribution < 1.29 is 4.79 Å². The van der Waals surface area contributed by atoms with E-state index in [2.05, 4.69) is 23.2 Å². The maximum absolute atomic E-state index is 12.6. The van der Waals surface area contributed by atoms with E-state index in [1.54, 1.807) is 12.4 Å². The van der Waals surface area contributed by atoms with Crippen molar-refractivity contribution >= 4 is 11.6 Å². The summed E-state index contributed by atoms with van der Waals surface area (Å²) >= 11 is 0. The Labute approximate surface area is 175 Å². The van der Waals surface area contributed by atoms with Gasteiger partial charge in [0.2, 0.25) is 5.91 Å². The summed E-state index contributed by atoms with van der Waals surface area (Å²) in [7, 11) is 0. The molecule has 0 saturated carbocycles. The van der Waals surface area contributed by atoms with Crippen LogP contribution in [0.4, 0.5) is 0 Å². The number of aromatic nitrogens is 4. The Hall–Kier alpha value is -3.54. The number of amides is 1. The molecule has 0 bridgehead atoms. The number of hydrogen-bond donors (Lipinski definition) is 0. The second-order valence-electron chi connectivity index (χ2n) is 7.74. The average molecular weight is 397 g/mol. The molecule has 4 aromatic rings. The van der Waals surface area contributed by atoms with E-state index in [1.165, 1.54) is 5.56 Å². The van der Waals surface area contributed by atoms with Crippen LogP contribution in [0.2, 0.25) is 0 Å². The van der Waals surface area contributed by atoms with Gasteiger partial charge in [-0.25, -0.2) is 9.50 Å². The summed E-state index contributed by atoms with van der Waals surface area (Å²) in [5.41, 5.74) is 4.20. The molecule has 6 heteroatoms. The van der Waals surface area contributed by atoms with Gasteiger partial charge in [-0.05, 0) is 48.2 Å². The minimum absolute atomic E-state index is 0.190. The highest BCUT2D eigenvalue weighted by molar-refractivity contribution is 5.76. The molecule has 3 aromatic heterocycles. The molecule has 1 aliphatic rings. The molecule has 1 aromatic carbocycles. The van der Waals surface area contributed by atoms with Crippen molar-refractivity contribution in [1.29, 1.82) is 0 Å². The number of carbonyl (C=O) groups excluding carboxylic acids is 1. The first-order valence-electron chi connectivity index (χ1n) is 10.3. The first kappa shape index (κ1) is 18.5. The van der Waals surface area contributed by atoms with Crippen LogP contribution in [0.1, 0.15) is 30.1 Å². The van der Waals surface area contributed by atoms with E-state index in [0.717, 1.165) is 42.0 Å². The highest BCUT2D eigenvalue weighted by atomic mass is 16.2. The lowest BCUT2D eigenvalue weighted by atomic mass is 10.1. The fourth-order valence-corrected chi connectivity index (χ4v) is 4.04. The van der Waals surface area contributed by atoms with Gasteiger partial charge in [-0.1, -0.05) is 30.3 Å². The third kappa shape index (κ3) is 3.81. The lowest BCUT2D eigenvalue weighted by Crippen LogP contribution is -2.28. The molecule has 1 unspecified atom stereocenters. The number of benzene rings is 1. The van der Waals surface area contributed by atoms with E-state index in [4.69, 9.17) is 10.1 Å². The highest BCUT2D eigenvalue weighted by Crippen LogP contribution is 2.27.